The fourth-order valence-electron chi connectivity index (χ4n) is 3.81. The van der Waals surface area contributed by atoms with Crippen LogP contribution in [0.25, 0.3) is 0 Å². The minimum absolute atomic E-state index is 0.0348. The van der Waals surface area contributed by atoms with Crippen molar-refractivity contribution in [2.75, 3.05) is 62.8 Å². The van der Waals surface area contributed by atoms with Crippen LogP contribution in [0.15, 0.2) is 35.7 Å². The quantitative estimate of drug-likeness (QED) is 0.562. The summed E-state index contributed by atoms with van der Waals surface area (Å²) in [6.45, 7) is 5.26. The molecular weight excluding hydrogens is 384 g/mol. The van der Waals surface area contributed by atoms with Crippen LogP contribution in [-0.2, 0) is 23.1 Å². The second-order valence-corrected chi connectivity index (χ2v) is 7.33. The summed E-state index contributed by atoms with van der Waals surface area (Å²) in [5.41, 5.74) is 1.93. The van der Waals surface area contributed by atoms with Crippen molar-refractivity contribution in [3.63, 3.8) is 0 Å². The summed E-state index contributed by atoms with van der Waals surface area (Å²) in [5.74, 6) is 1.72. The van der Waals surface area contributed by atoms with Crippen LogP contribution in [0.3, 0.4) is 0 Å². The van der Waals surface area contributed by atoms with Gasteiger partial charge >= 0.3 is 0 Å². The first-order chi connectivity index (χ1) is 14.7. The summed E-state index contributed by atoms with van der Waals surface area (Å²) in [7, 11) is 3.59. The molecule has 0 radical (unpaired) electrons. The van der Waals surface area contributed by atoms with Crippen molar-refractivity contribution in [1.29, 1.82) is 0 Å². The largest absolute Gasteiger partial charge is 0.378 e. The van der Waals surface area contributed by atoms with Gasteiger partial charge in [0.05, 0.1) is 25.1 Å². The van der Waals surface area contributed by atoms with Crippen LogP contribution in [-0.4, -0.2) is 84.5 Å². The number of morpholine rings is 1. The Balaban J connectivity index is 1.39. The van der Waals surface area contributed by atoms with Crippen LogP contribution in [0.2, 0.25) is 0 Å². The number of aryl methyl sites for hydroxylation is 1. The number of guanidine groups is 1. The second kappa shape index (κ2) is 9.12. The van der Waals surface area contributed by atoms with Crippen molar-refractivity contribution in [1.82, 2.24) is 25.0 Å². The number of hydrogen-bond acceptors (Lipinski definition) is 6. The van der Waals surface area contributed by atoms with Crippen LogP contribution >= 0.6 is 0 Å². The molecular formula is C20H28N8O2. The van der Waals surface area contributed by atoms with Gasteiger partial charge in [-0.25, -0.2) is 4.98 Å². The van der Waals surface area contributed by atoms with Gasteiger partial charge < -0.3 is 24.8 Å². The van der Waals surface area contributed by atoms with E-state index in [0.29, 0.717) is 38.8 Å². The molecule has 2 aromatic heterocycles. The van der Waals surface area contributed by atoms with Crippen LogP contribution in [0, 0.1) is 0 Å². The number of nitrogens with zero attached hydrogens (tertiary/aromatic N) is 7. The first-order valence-electron chi connectivity index (χ1n) is 10.2. The Kier molecular flexibility index (Phi) is 6.12. The van der Waals surface area contributed by atoms with Gasteiger partial charge in [-0.15, -0.1) is 0 Å². The third-order valence-electron chi connectivity index (χ3n) is 5.35. The van der Waals surface area contributed by atoms with Gasteiger partial charge in [0.1, 0.15) is 12.4 Å². The molecule has 1 N–H and O–H groups in total. The van der Waals surface area contributed by atoms with Crippen molar-refractivity contribution in [3.05, 3.63) is 36.3 Å². The molecule has 2 saturated heterocycles. The van der Waals surface area contributed by atoms with E-state index in [1.165, 1.54) is 0 Å². The Hall–Kier alpha value is -3.14. The number of nitrogens with one attached hydrogen (secondary N) is 1. The van der Waals surface area contributed by atoms with Gasteiger partial charge in [-0.2, -0.15) is 5.10 Å². The number of pyridine rings is 1. The number of carbonyl (C=O) groups is 1. The SMILES string of the molecule is CN=C(NCc1cccnc1N1CCOCC1)N1CCN(c2cnn(C)c2)C(=O)C1. The van der Waals surface area contributed by atoms with E-state index in [2.05, 4.69) is 31.4 Å². The average Bonchev–Trinajstić information content (AvgIpc) is 3.21. The summed E-state index contributed by atoms with van der Waals surface area (Å²) in [5, 5.41) is 7.57. The van der Waals surface area contributed by atoms with E-state index < -0.39 is 0 Å². The molecule has 4 rings (SSSR count). The molecule has 1 amide bonds. The van der Waals surface area contributed by atoms with Gasteiger partial charge in [-0.1, -0.05) is 6.07 Å². The molecule has 0 bridgehead atoms. The standard InChI is InChI=1S/C20H28N8O2/c1-21-20(27-6-7-28(18(29)15-27)17-13-24-25(2)14-17)23-12-16-4-3-5-22-19(16)26-8-10-30-11-9-26/h3-5,13-14H,6-12,15H2,1-2H3,(H,21,23). The molecule has 2 aromatic rings. The first kappa shape index (κ1) is 20.1. The van der Waals surface area contributed by atoms with E-state index in [0.717, 1.165) is 30.2 Å². The molecule has 10 nitrogen and oxygen atoms in total. The highest BCUT2D eigenvalue weighted by molar-refractivity contribution is 5.98. The normalized spacial score (nSPS) is 18.1. The van der Waals surface area contributed by atoms with Gasteiger partial charge in [0, 0.05) is 64.8 Å². The predicted molar refractivity (Wildman–Crippen MR) is 115 cm³/mol. The van der Waals surface area contributed by atoms with Crippen LogP contribution in [0.1, 0.15) is 5.56 Å². The van der Waals surface area contributed by atoms with Gasteiger partial charge in [-0.05, 0) is 6.07 Å². The molecule has 2 aliphatic rings. The summed E-state index contributed by atoms with van der Waals surface area (Å²) < 4.78 is 7.16. The molecule has 2 aliphatic heterocycles. The Morgan fingerprint density at radius 1 is 1.27 bits per heavy atom. The number of amides is 1. The van der Waals surface area contributed by atoms with E-state index >= 15 is 0 Å². The Morgan fingerprint density at radius 3 is 2.80 bits per heavy atom. The van der Waals surface area contributed by atoms with Crippen molar-refractivity contribution in [3.8, 4) is 0 Å². The number of hydrogen-bond donors (Lipinski definition) is 1. The number of piperazine rings is 1. The fraction of sp³-hybridized carbons (Fsp3) is 0.500. The van der Waals surface area contributed by atoms with Gasteiger partial charge in [-0.3, -0.25) is 14.5 Å². The molecule has 0 aliphatic carbocycles. The lowest BCUT2D eigenvalue weighted by Crippen LogP contribution is -2.55. The number of anilines is 2. The molecule has 10 heteroatoms. The van der Waals surface area contributed by atoms with E-state index in [1.807, 2.05) is 30.4 Å². The van der Waals surface area contributed by atoms with E-state index in [9.17, 15) is 4.79 Å². The minimum atomic E-state index is 0.0348. The average molecular weight is 412 g/mol. The molecule has 0 unspecified atom stereocenters. The molecule has 160 valence electrons. The minimum Gasteiger partial charge on any atom is -0.378 e. The smallest absolute Gasteiger partial charge is 0.246 e. The molecule has 30 heavy (non-hydrogen) atoms. The van der Waals surface area contributed by atoms with Crippen molar-refractivity contribution >= 4 is 23.4 Å². The lowest BCUT2D eigenvalue weighted by atomic mass is 10.2. The number of ether oxygens (including phenoxy) is 1. The second-order valence-electron chi connectivity index (χ2n) is 7.33. The predicted octanol–water partition coefficient (Wildman–Crippen LogP) is 0.0759. The summed E-state index contributed by atoms with van der Waals surface area (Å²) in [6.07, 6.45) is 5.39. The van der Waals surface area contributed by atoms with Crippen LogP contribution < -0.4 is 15.1 Å². The third kappa shape index (κ3) is 4.38. The molecule has 4 heterocycles. The zero-order valence-corrected chi connectivity index (χ0v) is 17.5. The molecule has 0 saturated carbocycles. The Bertz CT molecular complexity index is 906. The maximum Gasteiger partial charge on any atom is 0.246 e. The number of aliphatic imine (C=N–C) groups is 1. The zero-order valence-electron chi connectivity index (χ0n) is 17.5. The number of aromatic nitrogens is 3. The van der Waals surface area contributed by atoms with Gasteiger partial charge in [0.15, 0.2) is 5.96 Å². The first-order valence-corrected chi connectivity index (χ1v) is 10.2. The lowest BCUT2D eigenvalue weighted by Gasteiger charge is -2.35. The van der Waals surface area contributed by atoms with Crippen LogP contribution in [0.4, 0.5) is 11.5 Å². The summed E-state index contributed by atoms with van der Waals surface area (Å²) >= 11 is 0. The molecule has 2 fully saturated rings. The zero-order chi connectivity index (χ0) is 20.9. The van der Waals surface area contributed by atoms with Gasteiger partial charge in [0.2, 0.25) is 5.91 Å². The van der Waals surface area contributed by atoms with Crippen molar-refractivity contribution < 1.29 is 9.53 Å². The summed E-state index contributed by atoms with van der Waals surface area (Å²) in [4.78, 5) is 27.7. The monoisotopic (exact) mass is 412 g/mol. The van der Waals surface area contributed by atoms with E-state index in [1.54, 1.807) is 22.8 Å². The maximum absolute atomic E-state index is 12.7. The van der Waals surface area contributed by atoms with Gasteiger partial charge in [0.25, 0.3) is 0 Å². The maximum atomic E-state index is 12.7. The summed E-state index contributed by atoms with van der Waals surface area (Å²) in [6, 6.07) is 4.02. The highest BCUT2D eigenvalue weighted by Crippen LogP contribution is 2.19. The van der Waals surface area contributed by atoms with E-state index in [-0.39, 0.29) is 12.5 Å². The molecule has 0 spiro atoms. The molecule has 0 atom stereocenters. The van der Waals surface area contributed by atoms with E-state index in [4.69, 9.17) is 4.74 Å². The highest BCUT2D eigenvalue weighted by Gasteiger charge is 2.27. The Labute approximate surface area is 176 Å². The Morgan fingerprint density at radius 2 is 2.10 bits per heavy atom. The topological polar surface area (TPSA) is 91.1 Å². The van der Waals surface area contributed by atoms with Crippen molar-refractivity contribution in [2.45, 2.75) is 6.54 Å². The number of carbonyl (C=O) groups excluding carboxylic acids is 1. The fourth-order valence-corrected chi connectivity index (χ4v) is 3.81. The number of rotatable bonds is 4. The third-order valence-corrected chi connectivity index (χ3v) is 5.35. The van der Waals surface area contributed by atoms with Crippen LogP contribution in [0.5, 0.6) is 0 Å². The highest BCUT2D eigenvalue weighted by atomic mass is 16.5. The van der Waals surface area contributed by atoms with Crippen molar-refractivity contribution in [2.24, 2.45) is 12.0 Å². The molecule has 0 aromatic carbocycles. The lowest BCUT2D eigenvalue weighted by molar-refractivity contribution is -0.120.